The molecule has 0 aliphatic rings. The monoisotopic (exact) mass is 217 g/mol. The van der Waals surface area contributed by atoms with Crippen molar-refractivity contribution >= 4 is 11.0 Å². The van der Waals surface area contributed by atoms with E-state index in [0.717, 1.165) is 5.56 Å². The molecule has 3 heteroatoms. The van der Waals surface area contributed by atoms with Crippen molar-refractivity contribution in [3.63, 3.8) is 0 Å². The number of hydrogen-bond donors (Lipinski definition) is 0. The van der Waals surface area contributed by atoms with E-state index in [1.54, 1.807) is 13.0 Å². The minimum atomic E-state index is -0.396. The number of benzene rings is 1. The Morgan fingerprint density at radius 1 is 1.38 bits per heavy atom. The summed E-state index contributed by atoms with van der Waals surface area (Å²) in [5, 5.41) is 9.29. The number of aryl methyl sites for hydroxylation is 1. The second-order valence-electron chi connectivity index (χ2n) is 4.14. The first-order valence-corrected chi connectivity index (χ1v) is 5.17. The van der Waals surface area contributed by atoms with Crippen LogP contribution in [0.3, 0.4) is 0 Å². The van der Waals surface area contributed by atoms with Gasteiger partial charge in [0.05, 0.1) is 5.39 Å². The van der Waals surface area contributed by atoms with Gasteiger partial charge in [0.15, 0.2) is 0 Å². The van der Waals surface area contributed by atoms with E-state index in [-0.39, 0.29) is 5.92 Å². The third-order valence-corrected chi connectivity index (χ3v) is 2.73. The lowest BCUT2D eigenvalue weighted by atomic mass is 9.99. The van der Waals surface area contributed by atoms with E-state index in [0.29, 0.717) is 22.3 Å². The van der Waals surface area contributed by atoms with Crippen LogP contribution in [0.5, 0.6) is 0 Å². The van der Waals surface area contributed by atoms with E-state index in [2.05, 4.69) is 0 Å². The van der Waals surface area contributed by atoms with E-state index in [4.69, 9.17) is 9.68 Å². The van der Waals surface area contributed by atoms with Crippen LogP contribution >= 0.6 is 0 Å². The van der Waals surface area contributed by atoms with Crippen LogP contribution in [0.15, 0.2) is 16.5 Å². The standard InChI is InChI=1S/C13H12FNO/c1-7(2)9-4-5-11(14)12-10(6-15)8(3)16-13(9)12/h4-5,7H,1-3H3. The molecule has 0 bridgehead atoms. The summed E-state index contributed by atoms with van der Waals surface area (Å²) >= 11 is 0. The normalized spacial score (nSPS) is 11.0. The predicted octanol–water partition coefficient (Wildman–Crippen LogP) is 3.88. The van der Waals surface area contributed by atoms with Gasteiger partial charge in [0, 0.05) is 0 Å². The fourth-order valence-corrected chi connectivity index (χ4v) is 1.89. The zero-order valence-electron chi connectivity index (χ0n) is 9.47. The molecular formula is C13H12FNO. The predicted molar refractivity (Wildman–Crippen MR) is 59.7 cm³/mol. The van der Waals surface area contributed by atoms with Crippen molar-refractivity contribution in [2.45, 2.75) is 26.7 Å². The molecule has 0 aliphatic carbocycles. The molecular weight excluding hydrogens is 205 g/mol. The molecule has 0 unspecified atom stereocenters. The highest BCUT2D eigenvalue weighted by molar-refractivity contribution is 5.88. The zero-order chi connectivity index (χ0) is 11.9. The maximum Gasteiger partial charge on any atom is 0.142 e. The molecule has 82 valence electrons. The van der Waals surface area contributed by atoms with Crippen LogP contribution in [0, 0.1) is 24.1 Å². The van der Waals surface area contributed by atoms with Crippen LogP contribution in [0.4, 0.5) is 4.39 Å². The van der Waals surface area contributed by atoms with Crippen molar-refractivity contribution in [1.82, 2.24) is 0 Å². The van der Waals surface area contributed by atoms with Gasteiger partial charge in [0.1, 0.15) is 28.8 Å². The molecule has 0 N–H and O–H groups in total. The molecule has 0 radical (unpaired) electrons. The number of fused-ring (bicyclic) bond motifs is 1. The van der Waals surface area contributed by atoms with Crippen molar-refractivity contribution in [2.75, 3.05) is 0 Å². The number of nitrogens with zero attached hydrogens (tertiary/aromatic N) is 1. The minimum Gasteiger partial charge on any atom is -0.460 e. The smallest absolute Gasteiger partial charge is 0.142 e. The van der Waals surface area contributed by atoms with Crippen molar-refractivity contribution in [3.05, 3.63) is 34.8 Å². The van der Waals surface area contributed by atoms with Crippen molar-refractivity contribution in [3.8, 4) is 6.07 Å². The average molecular weight is 217 g/mol. The molecule has 0 amide bonds. The van der Waals surface area contributed by atoms with Gasteiger partial charge in [-0.25, -0.2) is 4.39 Å². The van der Waals surface area contributed by atoms with E-state index < -0.39 is 5.82 Å². The molecule has 16 heavy (non-hydrogen) atoms. The van der Waals surface area contributed by atoms with Gasteiger partial charge in [-0.05, 0) is 24.5 Å². The first kappa shape index (κ1) is 10.7. The quantitative estimate of drug-likeness (QED) is 0.726. The van der Waals surface area contributed by atoms with Gasteiger partial charge in [-0.2, -0.15) is 5.26 Å². The van der Waals surface area contributed by atoms with Crippen molar-refractivity contribution < 1.29 is 8.81 Å². The lowest BCUT2D eigenvalue weighted by molar-refractivity contribution is 0.568. The lowest BCUT2D eigenvalue weighted by Gasteiger charge is -2.05. The first-order chi connectivity index (χ1) is 7.56. The Labute approximate surface area is 93.3 Å². The molecule has 0 saturated carbocycles. The third kappa shape index (κ3) is 1.38. The van der Waals surface area contributed by atoms with Crippen LogP contribution in [0.25, 0.3) is 11.0 Å². The van der Waals surface area contributed by atoms with E-state index in [1.165, 1.54) is 6.07 Å². The Morgan fingerprint density at radius 2 is 2.06 bits per heavy atom. The summed E-state index contributed by atoms with van der Waals surface area (Å²) in [4.78, 5) is 0. The van der Waals surface area contributed by atoms with Crippen molar-refractivity contribution in [1.29, 1.82) is 5.26 Å². The maximum absolute atomic E-state index is 13.7. The number of furan rings is 1. The maximum atomic E-state index is 13.7. The third-order valence-electron chi connectivity index (χ3n) is 2.73. The van der Waals surface area contributed by atoms with E-state index in [1.807, 2.05) is 19.9 Å². The number of rotatable bonds is 1. The summed E-state index contributed by atoms with van der Waals surface area (Å²) < 4.78 is 19.2. The van der Waals surface area contributed by atoms with E-state index in [9.17, 15) is 4.39 Å². The molecule has 2 rings (SSSR count). The molecule has 2 nitrogen and oxygen atoms in total. The molecule has 2 aromatic rings. The fraction of sp³-hybridized carbons (Fsp3) is 0.308. The summed E-state index contributed by atoms with van der Waals surface area (Å²) in [5.41, 5.74) is 1.74. The van der Waals surface area contributed by atoms with Gasteiger partial charge in [-0.15, -0.1) is 0 Å². The minimum absolute atomic E-state index is 0.236. The van der Waals surface area contributed by atoms with Crippen LogP contribution in [-0.2, 0) is 0 Å². The van der Waals surface area contributed by atoms with Crippen LogP contribution in [-0.4, -0.2) is 0 Å². The molecule has 1 aromatic heterocycles. The second kappa shape index (κ2) is 3.64. The summed E-state index contributed by atoms with van der Waals surface area (Å²) in [7, 11) is 0. The zero-order valence-corrected chi connectivity index (χ0v) is 9.47. The Hall–Kier alpha value is -1.82. The Bertz CT molecular complexity index is 590. The Balaban J connectivity index is 2.93. The summed E-state index contributed by atoms with van der Waals surface area (Å²) in [6.45, 7) is 5.70. The van der Waals surface area contributed by atoms with Crippen LogP contribution in [0.1, 0.15) is 36.7 Å². The van der Waals surface area contributed by atoms with Crippen molar-refractivity contribution in [2.24, 2.45) is 0 Å². The SMILES string of the molecule is Cc1oc2c(C(C)C)ccc(F)c2c1C#N. The highest BCUT2D eigenvalue weighted by Crippen LogP contribution is 2.33. The Morgan fingerprint density at radius 3 is 2.62 bits per heavy atom. The number of hydrogen-bond acceptors (Lipinski definition) is 2. The van der Waals surface area contributed by atoms with E-state index >= 15 is 0 Å². The molecule has 0 fully saturated rings. The van der Waals surface area contributed by atoms with Gasteiger partial charge in [-0.1, -0.05) is 19.9 Å². The van der Waals surface area contributed by atoms with Crippen LogP contribution < -0.4 is 0 Å². The largest absolute Gasteiger partial charge is 0.460 e. The van der Waals surface area contributed by atoms with Crippen LogP contribution in [0.2, 0.25) is 0 Å². The highest BCUT2D eigenvalue weighted by atomic mass is 19.1. The van der Waals surface area contributed by atoms with Gasteiger partial charge >= 0.3 is 0 Å². The lowest BCUT2D eigenvalue weighted by Crippen LogP contribution is -1.89. The average Bonchev–Trinajstić information content (AvgIpc) is 2.55. The molecule has 1 aromatic carbocycles. The molecule has 0 aliphatic heterocycles. The summed E-state index contributed by atoms with van der Waals surface area (Å²) in [5.74, 6) is 0.317. The summed E-state index contributed by atoms with van der Waals surface area (Å²) in [6, 6.07) is 5.10. The fourth-order valence-electron chi connectivity index (χ4n) is 1.89. The van der Waals surface area contributed by atoms with Gasteiger partial charge < -0.3 is 4.42 Å². The second-order valence-corrected chi connectivity index (χ2v) is 4.14. The molecule has 1 heterocycles. The molecule has 0 spiro atoms. The molecule has 0 atom stereocenters. The topological polar surface area (TPSA) is 36.9 Å². The van der Waals surface area contributed by atoms with Gasteiger partial charge in [0.2, 0.25) is 0 Å². The number of nitriles is 1. The highest BCUT2D eigenvalue weighted by Gasteiger charge is 2.18. The Kier molecular flexibility index (Phi) is 2.43. The van der Waals surface area contributed by atoms with Gasteiger partial charge in [-0.3, -0.25) is 0 Å². The first-order valence-electron chi connectivity index (χ1n) is 5.17. The summed E-state index contributed by atoms with van der Waals surface area (Å²) in [6.07, 6.45) is 0. The number of halogens is 1. The van der Waals surface area contributed by atoms with Gasteiger partial charge in [0.25, 0.3) is 0 Å². The molecule has 0 saturated heterocycles.